The van der Waals surface area contributed by atoms with Crippen LogP contribution in [0.3, 0.4) is 0 Å². The number of likely N-dealkylation sites (tertiary alicyclic amines) is 3. The molecule has 1 unspecified atom stereocenters. The summed E-state index contributed by atoms with van der Waals surface area (Å²) in [6.45, 7) is 17.2. The van der Waals surface area contributed by atoms with Gasteiger partial charge in [0, 0.05) is 31.1 Å². The van der Waals surface area contributed by atoms with E-state index in [1.165, 1.54) is 84.2 Å². The highest BCUT2D eigenvalue weighted by Crippen LogP contribution is 2.50. The Balaban J connectivity index is 1.13. The molecule has 0 N–H and O–H groups in total. The van der Waals surface area contributed by atoms with Crippen LogP contribution in [0, 0.1) is 23.2 Å². The van der Waals surface area contributed by atoms with E-state index in [0.717, 1.165) is 23.9 Å². The summed E-state index contributed by atoms with van der Waals surface area (Å²) in [4.78, 5) is 20.0. The molecule has 1 spiro atoms. The van der Waals surface area contributed by atoms with Crippen molar-refractivity contribution in [2.24, 2.45) is 23.2 Å². The molecule has 3 aliphatic heterocycles. The number of nitrogens with zero attached hydrogens (tertiary/aromatic N) is 3. The molecule has 4 nitrogen and oxygen atoms in total. The second-order valence-corrected chi connectivity index (χ2v) is 11.4. The van der Waals surface area contributed by atoms with E-state index in [1.807, 2.05) is 13.8 Å². The van der Waals surface area contributed by atoms with Gasteiger partial charge in [-0.3, -0.25) is 9.69 Å². The molecule has 0 aromatic carbocycles. The van der Waals surface area contributed by atoms with Crippen LogP contribution in [0.2, 0.25) is 0 Å². The van der Waals surface area contributed by atoms with E-state index in [2.05, 4.69) is 28.5 Å². The fourth-order valence-corrected chi connectivity index (χ4v) is 6.68. The molecular weight excluding hydrogens is 358 g/mol. The first kappa shape index (κ1) is 21.8. The van der Waals surface area contributed by atoms with Crippen molar-refractivity contribution in [3.63, 3.8) is 0 Å². The molecule has 1 atom stereocenters. The van der Waals surface area contributed by atoms with Gasteiger partial charge in [0.15, 0.2) is 0 Å². The Morgan fingerprint density at radius 3 is 2.00 bits per heavy atom. The lowest BCUT2D eigenvalue weighted by Gasteiger charge is -2.62. The maximum atomic E-state index is 11.9. The van der Waals surface area contributed by atoms with Crippen molar-refractivity contribution in [1.29, 1.82) is 0 Å². The molecule has 166 valence electrons. The highest BCUT2D eigenvalue weighted by Gasteiger charge is 2.54. The van der Waals surface area contributed by atoms with Crippen LogP contribution in [-0.4, -0.2) is 78.4 Å². The molecule has 4 fully saturated rings. The van der Waals surface area contributed by atoms with Crippen LogP contribution in [0.25, 0.3) is 0 Å². The first-order chi connectivity index (χ1) is 13.9. The van der Waals surface area contributed by atoms with Crippen LogP contribution >= 0.6 is 0 Å². The number of rotatable bonds is 7. The molecule has 3 saturated heterocycles. The van der Waals surface area contributed by atoms with Crippen LogP contribution in [0.4, 0.5) is 0 Å². The zero-order valence-corrected chi connectivity index (χ0v) is 19.5. The van der Waals surface area contributed by atoms with Crippen molar-refractivity contribution in [3.8, 4) is 0 Å². The Morgan fingerprint density at radius 2 is 1.45 bits per heavy atom. The summed E-state index contributed by atoms with van der Waals surface area (Å²) in [7, 11) is 0. The summed E-state index contributed by atoms with van der Waals surface area (Å²) in [5, 5.41) is 0. The molecule has 0 aromatic rings. The normalized spacial score (nSPS) is 29.1. The van der Waals surface area contributed by atoms with Gasteiger partial charge in [0.2, 0.25) is 0 Å². The van der Waals surface area contributed by atoms with Crippen LogP contribution in [0.1, 0.15) is 72.6 Å². The minimum Gasteiger partial charge on any atom is -0.300 e. The third kappa shape index (κ3) is 4.75. The van der Waals surface area contributed by atoms with E-state index < -0.39 is 0 Å². The molecule has 4 heteroatoms. The summed E-state index contributed by atoms with van der Waals surface area (Å²) in [5.41, 5.74) is 0.566. The Bertz CT molecular complexity index is 546. The summed E-state index contributed by atoms with van der Waals surface area (Å²) in [6.07, 6.45) is 9.72. The zero-order valence-electron chi connectivity index (χ0n) is 19.5. The van der Waals surface area contributed by atoms with Crippen LogP contribution in [0.15, 0.2) is 0 Å². The maximum Gasteiger partial charge on any atom is 0.149 e. The van der Waals surface area contributed by atoms with Gasteiger partial charge < -0.3 is 9.80 Å². The molecule has 1 saturated carbocycles. The Kier molecular flexibility index (Phi) is 6.73. The van der Waals surface area contributed by atoms with E-state index >= 15 is 0 Å². The van der Waals surface area contributed by atoms with Crippen LogP contribution in [-0.2, 0) is 4.79 Å². The van der Waals surface area contributed by atoms with E-state index in [-0.39, 0.29) is 5.92 Å². The van der Waals surface area contributed by atoms with Gasteiger partial charge in [0.1, 0.15) is 5.78 Å². The number of hydrogen-bond acceptors (Lipinski definition) is 4. The minimum atomic E-state index is 0.183. The molecule has 0 amide bonds. The standard InChI is InChI=1S/C25H45N3O/c1-5-20(4)21-6-10-27(11-7-21)22-8-12-28(13-9-22)23-14-25(15-23)17-26(18-25)16-24(29)19(2)3/h19-23H,5-18H2,1-4H3. The summed E-state index contributed by atoms with van der Waals surface area (Å²) < 4.78 is 0. The first-order valence-corrected chi connectivity index (χ1v) is 12.6. The Morgan fingerprint density at radius 1 is 0.897 bits per heavy atom. The lowest BCUT2D eigenvalue weighted by molar-refractivity contribution is -0.137. The second kappa shape index (κ2) is 8.96. The second-order valence-electron chi connectivity index (χ2n) is 11.4. The SMILES string of the molecule is CCC(C)C1CCN(C2CCN(C3CC4(C3)CN(CC(=O)C(C)C)C4)CC2)CC1. The largest absolute Gasteiger partial charge is 0.300 e. The summed E-state index contributed by atoms with van der Waals surface area (Å²) in [6, 6.07) is 1.68. The van der Waals surface area contributed by atoms with Gasteiger partial charge in [-0.2, -0.15) is 0 Å². The number of piperidine rings is 2. The quantitative estimate of drug-likeness (QED) is 0.644. The molecule has 4 rings (SSSR count). The van der Waals surface area contributed by atoms with Gasteiger partial charge >= 0.3 is 0 Å². The number of hydrogen-bond donors (Lipinski definition) is 0. The Hall–Kier alpha value is -0.450. The van der Waals surface area contributed by atoms with Crippen molar-refractivity contribution < 1.29 is 4.79 Å². The zero-order chi connectivity index (χ0) is 20.6. The molecule has 4 aliphatic rings. The topological polar surface area (TPSA) is 26.8 Å². The average Bonchev–Trinajstić information content (AvgIpc) is 2.68. The number of carbonyl (C=O) groups is 1. The van der Waals surface area contributed by atoms with E-state index in [4.69, 9.17) is 0 Å². The third-order valence-electron chi connectivity index (χ3n) is 9.03. The minimum absolute atomic E-state index is 0.183. The number of carbonyl (C=O) groups excluding carboxylic acids is 1. The molecule has 3 heterocycles. The highest BCUT2D eigenvalue weighted by atomic mass is 16.1. The molecular formula is C25H45N3O. The average molecular weight is 404 g/mol. The molecule has 0 aromatic heterocycles. The fraction of sp³-hybridized carbons (Fsp3) is 0.960. The lowest BCUT2D eigenvalue weighted by atomic mass is 9.60. The fourth-order valence-electron chi connectivity index (χ4n) is 6.68. The van der Waals surface area contributed by atoms with Crippen LogP contribution < -0.4 is 0 Å². The molecule has 0 bridgehead atoms. The Labute approximate surface area is 179 Å². The van der Waals surface area contributed by atoms with E-state index in [9.17, 15) is 4.79 Å². The van der Waals surface area contributed by atoms with E-state index in [0.29, 0.717) is 17.7 Å². The van der Waals surface area contributed by atoms with Crippen molar-refractivity contribution in [2.75, 3.05) is 45.8 Å². The smallest absolute Gasteiger partial charge is 0.149 e. The highest BCUT2D eigenvalue weighted by molar-refractivity contribution is 5.82. The maximum absolute atomic E-state index is 11.9. The summed E-state index contributed by atoms with van der Waals surface area (Å²) in [5.74, 6) is 2.48. The van der Waals surface area contributed by atoms with Gasteiger partial charge in [-0.05, 0) is 82.0 Å². The first-order valence-electron chi connectivity index (χ1n) is 12.6. The predicted molar refractivity (Wildman–Crippen MR) is 120 cm³/mol. The molecule has 29 heavy (non-hydrogen) atoms. The molecule has 1 aliphatic carbocycles. The van der Waals surface area contributed by atoms with Gasteiger partial charge in [0.25, 0.3) is 0 Å². The van der Waals surface area contributed by atoms with Gasteiger partial charge in [-0.1, -0.05) is 34.1 Å². The van der Waals surface area contributed by atoms with Crippen molar-refractivity contribution in [3.05, 3.63) is 0 Å². The summed E-state index contributed by atoms with van der Waals surface area (Å²) >= 11 is 0. The van der Waals surface area contributed by atoms with Gasteiger partial charge in [-0.15, -0.1) is 0 Å². The van der Waals surface area contributed by atoms with Crippen molar-refractivity contribution >= 4 is 5.78 Å². The van der Waals surface area contributed by atoms with Crippen molar-refractivity contribution in [2.45, 2.75) is 84.7 Å². The van der Waals surface area contributed by atoms with Gasteiger partial charge in [0.05, 0.1) is 6.54 Å². The van der Waals surface area contributed by atoms with Crippen molar-refractivity contribution in [1.82, 2.24) is 14.7 Å². The molecule has 0 radical (unpaired) electrons. The monoisotopic (exact) mass is 403 g/mol. The number of ketones is 1. The van der Waals surface area contributed by atoms with Crippen LogP contribution in [0.5, 0.6) is 0 Å². The predicted octanol–water partition coefficient (Wildman–Crippen LogP) is 3.90. The van der Waals surface area contributed by atoms with E-state index in [1.54, 1.807) is 0 Å². The number of Topliss-reactive ketones (excluding diaryl/α,β-unsaturated/α-hetero) is 1. The van der Waals surface area contributed by atoms with Gasteiger partial charge in [-0.25, -0.2) is 0 Å². The lowest BCUT2D eigenvalue weighted by Crippen LogP contribution is -2.67. The third-order valence-corrected chi connectivity index (χ3v) is 9.03.